The van der Waals surface area contributed by atoms with Crippen molar-refractivity contribution in [3.8, 4) is 5.75 Å². The number of nitrogens with one attached hydrogen (secondary N) is 1. The van der Waals surface area contributed by atoms with Crippen molar-refractivity contribution in [1.29, 1.82) is 0 Å². The monoisotopic (exact) mass is 410 g/mol. The van der Waals surface area contributed by atoms with E-state index in [-0.39, 0.29) is 29.5 Å². The summed E-state index contributed by atoms with van der Waals surface area (Å²) in [6.07, 6.45) is 1.98. The zero-order valence-electron chi connectivity index (χ0n) is 17.2. The smallest absolute Gasteiger partial charge is 0.229 e. The highest BCUT2D eigenvalue weighted by Gasteiger charge is 2.33. The van der Waals surface area contributed by atoms with E-state index in [1.807, 2.05) is 35.2 Å². The molecule has 0 bridgehead atoms. The molecule has 5 nitrogen and oxygen atoms in total. The lowest BCUT2D eigenvalue weighted by Gasteiger charge is -2.35. The Morgan fingerprint density at radius 1 is 1.13 bits per heavy atom. The number of benzene rings is 2. The molecule has 0 saturated carbocycles. The van der Waals surface area contributed by atoms with E-state index in [0.717, 1.165) is 16.9 Å². The number of piperidine rings is 1. The normalized spacial score (nSPS) is 19.0. The summed E-state index contributed by atoms with van der Waals surface area (Å²) in [6, 6.07) is 12.8. The molecule has 0 radical (unpaired) electrons. The molecule has 0 aromatic heterocycles. The van der Waals surface area contributed by atoms with Gasteiger partial charge in [-0.2, -0.15) is 0 Å². The quantitative estimate of drug-likeness (QED) is 0.842. The molecule has 1 fully saturated rings. The molecule has 0 aliphatic carbocycles. The molecule has 4 rings (SSSR count). The molecule has 30 heavy (non-hydrogen) atoms. The van der Waals surface area contributed by atoms with Crippen LogP contribution in [0.1, 0.15) is 29.5 Å². The van der Waals surface area contributed by atoms with Gasteiger partial charge < -0.3 is 15.0 Å². The fraction of sp³-hybridized carbons (Fsp3) is 0.417. The number of halogens is 1. The summed E-state index contributed by atoms with van der Waals surface area (Å²) in [4.78, 5) is 27.3. The molecule has 158 valence electrons. The minimum atomic E-state index is -0.261. The Balaban J connectivity index is 1.25. The largest absolute Gasteiger partial charge is 0.492 e. The predicted octanol–water partition coefficient (Wildman–Crippen LogP) is 3.24. The van der Waals surface area contributed by atoms with Gasteiger partial charge in [0.1, 0.15) is 18.2 Å². The van der Waals surface area contributed by atoms with E-state index in [0.29, 0.717) is 51.1 Å². The van der Waals surface area contributed by atoms with Crippen LogP contribution in [-0.4, -0.2) is 36.4 Å². The minimum absolute atomic E-state index is 0.0296. The number of likely N-dealkylation sites (tertiary alicyclic amines) is 1. The average molecular weight is 410 g/mol. The zero-order chi connectivity index (χ0) is 21.1. The molecule has 1 N–H and O–H groups in total. The van der Waals surface area contributed by atoms with Crippen molar-refractivity contribution in [3.05, 3.63) is 65.0 Å². The van der Waals surface area contributed by atoms with Gasteiger partial charge in [-0.1, -0.05) is 30.3 Å². The van der Waals surface area contributed by atoms with Crippen molar-refractivity contribution in [2.24, 2.45) is 11.8 Å². The van der Waals surface area contributed by atoms with Crippen LogP contribution in [0.3, 0.4) is 0 Å². The Kier molecular flexibility index (Phi) is 6.02. The number of carbonyl (C=O) groups excluding carboxylic acids is 2. The average Bonchev–Trinajstić information content (AvgIpc) is 2.79. The van der Waals surface area contributed by atoms with Gasteiger partial charge in [-0.3, -0.25) is 9.59 Å². The van der Waals surface area contributed by atoms with Crippen LogP contribution in [0, 0.1) is 24.6 Å². The number of para-hydroxylation sites is 1. The molecule has 6 heteroatoms. The molecule has 1 atom stereocenters. The summed E-state index contributed by atoms with van der Waals surface area (Å²) < 4.78 is 19.4. The van der Waals surface area contributed by atoms with Crippen LogP contribution in [-0.2, 0) is 22.6 Å². The SMILES string of the molecule is Cc1ccc(CNC(=O)C2CCN(C(=O)[C@@H]3COc4ccccc4C3)CC2)cc1F. The summed E-state index contributed by atoms with van der Waals surface area (Å²) >= 11 is 0. The van der Waals surface area contributed by atoms with Crippen molar-refractivity contribution in [2.75, 3.05) is 19.7 Å². The van der Waals surface area contributed by atoms with Crippen LogP contribution in [0.4, 0.5) is 4.39 Å². The maximum absolute atomic E-state index is 13.7. The van der Waals surface area contributed by atoms with E-state index in [1.165, 1.54) is 6.07 Å². The standard InChI is InChI=1S/C24H27FN2O3/c1-16-6-7-17(12-21(16)25)14-26-23(28)18-8-10-27(11-9-18)24(29)20-13-19-4-2-3-5-22(19)30-15-20/h2-7,12,18,20H,8-11,13-15H2,1H3,(H,26,28)/t20-/m0/s1. The van der Waals surface area contributed by atoms with Crippen LogP contribution >= 0.6 is 0 Å². The number of nitrogens with zero attached hydrogens (tertiary/aromatic N) is 1. The van der Waals surface area contributed by atoms with Gasteiger partial charge in [0.2, 0.25) is 11.8 Å². The number of fused-ring (bicyclic) bond motifs is 1. The van der Waals surface area contributed by atoms with Gasteiger partial charge >= 0.3 is 0 Å². The second kappa shape index (κ2) is 8.86. The van der Waals surface area contributed by atoms with Crippen LogP contribution in [0.15, 0.2) is 42.5 Å². The molecule has 2 amide bonds. The Labute approximate surface area is 176 Å². The number of rotatable bonds is 4. The second-order valence-electron chi connectivity index (χ2n) is 8.22. The number of aryl methyl sites for hydroxylation is 1. The lowest BCUT2D eigenvalue weighted by Crippen LogP contribution is -2.46. The van der Waals surface area contributed by atoms with Crippen LogP contribution in [0.25, 0.3) is 0 Å². The van der Waals surface area contributed by atoms with Gasteiger partial charge in [0.05, 0.1) is 5.92 Å². The number of carbonyl (C=O) groups is 2. The molecule has 0 unspecified atom stereocenters. The first-order valence-electron chi connectivity index (χ1n) is 10.5. The topological polar surface area (TPSA) is 58.6 Å². The van der Waals surface area contributed by atoms with Gasteiger partial charge in [-0.05, 0) is 55.0 Å². The summed E-state index contributed by atoms with van der Waals surface area (Å²) in [7, 11) is 0. The summed E-state index contributed by atoms with van der Waals surface area (Å²) in [5, 5.41) is 2.90. The van der Waals surface area contributed by atoms with Crippen LogP contribution in [0.2, 0.25) is 0 Å². The fourth-order valence-electron chi connectivity index (χ4n) is 4.19. The first-order chi connectivity index (χ1) is 14.5. The Bertz CT molecular complexity index is 938. The van der Waals surface area contributed by atoms with Crippen molar-refractivity contribution >= 4 is 11.8 Å². The van der Waals surface area contributed by atoms with Gasteiger partial charge in [0, 0.05) is 25.6 Å². The maximum Gasteiger partial charge on any atom is 0.229 e. The van der Waals surface area contributed by atoms with Crippen molar-refractivity contribution in [1.82, 2.24) is 10.2 Å². The Hall–Kier alpha value is -2.89. The number of ether oxygens (including phenoxy) is 1. The van der Waals surface area contributed by atoms with Crippen LogP contribution in [0.5, 0.6) is 5.75 Å². The third-order valence-electron chi connectivity index (χ3n) is 6.11. The van der Waals surface area contributed by atoms with Crippen molar-refractivity contribution < 1.29 is 18.7 Å². The molecule has 2 aromatic carbocycles. The third kappa shape index (κ3) is 4.48. The number of hydrogen-bond donors (Lipinski definition) is 1. The van der Waals surface area contributed by atoms with Crippen LogP contribution < -0.4 is 10.1 Å². The maximum atomic E-state index is 13.7. The summed E-state index contributed by atoms with van der Waals surface area (Å²) in [5.74, 6) is 0.402. The van der Waals surface area contributed by atoms with Crippen molar-refractivity contribution in [3.63, 3.8) is 0 Å². The summed E-state index contributed by atoms with van der Waals surface area (Å²) in [5.41, 5.74) is 2.41. The van der Waals surface area contributed by atoms with E-state index < -0.39 is 0 Å². The zero-order valence-corrected chi connectivity index (χ0v) is 17.2. The molecular formula is C24H27FN2O3. The molecular weight excluding hydrogens is 383 g/mol. The van der Waals surface area contributed by atoms with E-state index in [9.17, 15) is 14.0 Å². The number of hydrogen-bond acceptors (Lipinski definition) is 3. The highest BCUT2D eigenvalue weighted by molar-refractivity contribution is 5.81. The van der Waals surface area contributed by atoms with Crippen molar-refractivity contribution in [2.45, 2.75) is 32.7 Å². The highest BCUT2D eigenvalue weighted by Crippen LogP contribution is 2.29. The van der Waals surface area contributed by atoms with E-state index in [1.54, 1.807) is 13.0 Å². The van der Waals surface area contributed by atoms with Gasteiger partial charge in [0.25, 0.3) is 0 Å². The molecule has 2 aromatic rings. The first kappa shape index (κ1) is 20.4. The number of amides is 2. The van der Waals surface area contributed by atoms with Gasteiger partial charge in [-0.15, -0.1) is 0 Å². The lowest BCUT2D eigenvalue weighted by atomic mass is 9.92. The summed E-state index contributed by atoms with van der Waals surface area (Å²) in [6.45, 7) is 3.59. The molecule has 1 saturated heterocycles. The Morgan fingerprint density at radius 3 is 2.67 bits per heavy atom. The molecule has 2 aliphatic rings. The Morgan fingerprint density at radius 2 is 1.90 bits per heavy atom. The third-order valence-corrected chi connectivity index (χ3v) is 6.11. The molecule has 2 aliphatic heterocycles. The lowest BCUT2D eigenvalue weighted by molar-refractivity contribution is -0.140. The predicted molar refractivity (Wildman–Crippen MR) is 111 cm³/mol. The first-order valence-corrected chi connectivity index (χ1v) is 10.5. The highest BCUT2D eigenvalue weighted by atomic mass is 19.1. The van der Waals surface area contributed by atoms with E-state index >= 15 is 0 Å². The fourth-order valence-corrected chi connectivity index (χ4v) is 4.19. The van der Waals surface area contributed by atoms with E-state index in [4.69, 9.17) is 4.74 Å². The van der Waals surface area contributed by atoms with Gasteiger partial charge in [-0.25, -0.2) is 4.39 Å². The molecule has 2 heterocycles. The molecule has 0 spiro atoms. The van der Waals surface area contributed by atoms with E-state index in [2.05, 4.69) is 5.32 Å². The van der Waals surface area contributed by atoms with Gasteiger partial charge in [0.15, 0.2) is 0 Å². The second-order valence-corrected chi connectivity index (χ2v) is 8.22. The minimum Gasteiger partial charge on any atom is -0.492 e.